The molecule has 2 aromatic rings. The lowest BCUT2D eigenvalue weighted by molar-refractivity contribution is -0.385. The van der Waals surface area contributed by atoms with E-state index >= 15 is 0 Å². The predicted octanol–water partition coefficient (Wildman–Crippen LogP) is 3.83. The van der Waals surface area contributed by atoms with E-state index in [4.69, 9.17) is 0 Å². The topological polar surface area (TPSA) is 55.2 Å². The number of nitro benzene ring substituents is 1. The second kappa shape index (κ2) is 7.28. The van der Waals surface area contributed by atoms with Crippen LogP contribution in [0.1, 0.15) is 11.1 Å². The van der Waals surface area contributed by atoms with Gasteiger partial charge in [-0.2, -0.15) is 0 Å². The zero-order valence-corrected chi connectivity index (χ0v) is 12.8. The van der Waals surface area contributed by atoms with Crippen molar-refractivity contribution in [1.82, 2.24) is 5.32 Å². The fraction of sp³-hybridized carbons (Fsp3) is 0.200. The highest BCUT2D eigenvalue weighted by atomic mass is 79.9. The third kappa shape index (κ3) is 4.34. The zero-order valence-electron chi connectivity index (χ0n) is 11.2. The molecule has 0 unspecified atom stereocenters. The minimum atomic E-state index is -0.402. The first kappa shape index (κ1) is 15.6. The van der Waals surface area contributed by atoms with Crippen molar-refractivity contribution in [2.75, 3.05) is 6.54 Å². The molecular weight excluding hydrogens is 339 g/mol. The Morgan fingerprint density at radius 3 is 2.67 bits per heavy atom. The van der Waals surface area contributed by atoms with Crippen LogP contribution in [0.5, 0.6) is 0 Å². The average molecular weight is 353 g/mol. The van der Waals surface area contributed by atoms with Crippen molar-refractivity contribution in [3.8, 4) is 0 Å². The lowest BCUT2D eigenvalue weighted by Gasteiger charge is -2.07. The van der Waals surface area contributed by atoms with Gasteiger partial charge in [-0.3, -0.25) is 10.1 Å². The van der Waals surface area contributed by atoms with E-state index in [1.807, 2.05) is 0 Å². The van der Waals surface area contributed by atoms with Crippen molar-refractivity contribution in [3.05, 3.63) is 74.0 Å². The number of halogens is 2. The third-order valence-corrected chi connectivity index (χ3v) is 3.58. The number of nitro groups is 1. The Morgan fingerprint density at radius 1 is 1.19 bits per heavy atom. The van der Waals surface area contributed by atoms with E-state index < -0.39 is 4.92 Å². The minimum absolute atomic E-state index is 0.0802. The van der Waals surface area contributed by atoms with Crippen LogP contribution in [0.25, 0.3) is 0 Å². The highest BCUT2D eigenvalue weighted by Crippen LogP contribution is 2.22. The van der Waals surface area contributed by atoms with Crippen molar-refractivity contribution >= 4 is 21.6 Å². The molecule has 110 valence electrons. The average Bonchev–Trinajstić information content (AvgIpc) is 2.45. The number of nitrogens with one attached hydrogen (secondary N) is 1. The summed E-state index contributed by atoms with van der Waals surface area (Å²) >= 11 is 3.30. The zero-order chi connectivity index (χ0) is 15.2. The molecule has 0 bridgehead atoms. The molecule has 6 heteroatoms. The second-order valence-corrected chi connectivity index (χ2v) is 5.46. The summed E-state index contributed by atoms with van der Waals surface area (Å²) in [4.78, 5) is 10.5. The Kier molecular flexibility index (Phi) is 5.41. The maximum absolute atomic E-state index is 13.4. The summed E-state index contributed by atoms with van der Waals surface area (Å²) in [5, 5.41) is 14.1. The van der Waals surface area contributed by atoms with Crippen LogP contribution < -0.4 is 5.32 Å². The van der Waals surface area contributed by atoms with Gasteiger partial charge < -0.3 is 5.32 Å². The van der Waals surface area contributed by atoms with Gasteiger partial charge in [0.15, 0.2) is 0 Å². The van der Waals surface area contributed by atoms with E-state index in [-0.39, 0.29) is 11.5 Å². The molecule has 0 heterocycles. The van der Waals surface area contributed by atoms with Gasteiger partial charge in [-0.25, -0.2) is 4.39 Å². The monoisotopic (exact) mass is 352 g/mol. The van der Waals surface area contributed by atoms with Gasteiger partial charge in [0.2, 0.25) is 0 Å². The predicted molar refractivity (Wildman–Crippen MR) is 82.6 cm³/mol. The Hall–Kier alpha value is -1.79. The molecule has 0 spiro atoms. The SMILES string of the molecule is O=[N+]([O-])c1ccc(Br)cc1CNCCc1ccccc1F. The maximum Gasteiger partial charge on any atom is 0.273 e. The van der Waals surface area contributed by atoms with Crippen LogP contribution in [0.3, 0.4) is 0 Å². The summed E-state index contributed by atoms with van der Waals surface area (Å²) in [5.74, 6) is -0.229. The van der Waals surface area contributed by atoms with Crippen LogP contribution in [-0.2, 0) is 13.0 Å². The van der Waals surface area contributed by atoms with Crippen LogP contribution in [-0.4, -0.2) is 11.5 Å². The first-order chi connectivity index (χ1) is 10.1. The van der Waals surface area contributed by atoms with E-state index in [0.717, 1.165) is 4.47 Å². The Morgan fingerprint density at radius 2 is 1.95 bits per heavy atom. The molecule has 0 atom stereocenters. The molecule has 0 aromatic heterocycles. The Bertz CT molecular complexity index is 649. The van der Waals surface area contributed by atoms with Crippen molar-refractivity contribution < 1.29 is 9.31 Å². The van der Waals surface area contributed by atoms with Crippen molar-refractivity contribution in [2.45, 2.75) is 13.0 Å². The lowest BCUT2D eigenvalue weighted by atomic mass is 10.1. The summed E-state index contributed by atoms with van der Waals surface area (Å²) in [6.45, 7) is 0.912. The molecule has 1 N–H and O–H groups in total. The summed E-state index contributed by atoms with van der Waals surface area (Å²) in [5.41, 5.74) is 1.31. The van der Waals surface area contributed by atoms with E-state index in [1.54, 1.807) is 30.3 Å². The maximum atomic E-state index is 13.4. The normalized spacial score (nSPS) is 10.6. The quantitative estimate of drug-likeness (QED) is 0.488. The number of hydrogen-bond acceptors (Lipinski definition) is 3. The molecule has 2 rings (SSSR count). The van der Waals surface area contributed by atoms with Crippen LogP contribution in [0.15, 0.2) is 46.9 Å². The molecule has 4 nitrogen and oxygen atoms in total. The molecule has 0 saturated heterocycles. The highest BCUT2D eigenvalue weighted by Gasteiger charge is 2.13. The van der Waals surface area contributed by atoms with Crippen LogP contribution in [0, 0.1) is 15.9 Å². The molecule has 0 radical (unpaired) electrons. The summed E-state index contributed by atoms with van der Waals surface area (Å²) in [7, 11) is 0. The van der Waals surface area contributed by atoms with E-state index in [1.165, 1.54) is 12.1 Å². The second-order valence-electron chi connectivity index (χ2n) is 4.55. The van der Waals surface area contributed by atoms with Gasteiger partial charge in [0.1, 0.15) is 5.82 Å². The van der Waals surface area contributed by atoms with Crippen molar-refractivity contribution in [2.24, 2.45) is 0 Å². The van der Waals surface area contributed by atoms with Crippen molar-refractivity contribution in [3.63, 3.8) is 0 Å². The van der Waals surface area contributed by atoms with Crippen LogP contribution >= 0.6 is 15.9 Å². The smallest absolute Gasteiger partial charge is 0.273 e. The fourth-order valence-corrected chi connectivity index (χ4v) is 2.43. The van der Waals surface area contributed by atoms with E-state index in [9.17, 15) is 14.5 Å². The summed E-state index contributed by atoms with van der Waals surface area (Å²) in [6.07, 6.45) is 0.536. The van der Waals surface area contributed by atoms with Gasteiger partial charge in [0.25, 0.3) is 5.69 Å². The number of benzene rings is 2. The van der Waals surface area contributed by atoms with E-state index in [0.29, 0.717) is 30.6 Å². The first-order valence-corrected chi connectivity index (χ1v) is 7.24. The lowest BCUT2D eigenvalue weighted by Crippen LogP contribution is -2.18. The van der Waals surface area contributed by atoms with Crippen LogP contribution in [0.2, 0.25) is 0 Å². The molecule has 0 aliphatic rings. The first-order valence-electron chi connectivity index (χ1n) is 6.45. The molecule has 0 amide bonds. The van der Waals surface area contributed by atoms with Gasteiger partial charge >= 0.3 is 0 Å². The molecule has 21 heavy (non-hydrogen) atoms. The van der Waals surface area contributed by atoms with Crippen LogP contribution in [0.4, 0.5) is 10.1 Å². The molecule has 2 aromatic carbocycles. The van der Waals surface area contributed by atoms with Gasteiger partial charge in [-0.05, 0) is 36.7 Å². The van der Waals surface area contributed by atoms with Gasteiger partial charge in [-0.1, -0.05) is 34.1 Å². The largest absolute Gasteiger partial charge is 0.312 e. The standard InChI is InChI=1S/C15H14BrFN2O2/c16-13-5-6-15(19(20)21)12(9-13)10-18-8-7-11-3-1-2-4-14(11)17/h1-6,9,18H,7-8,10H2. The number of hydrogen-bond donors (Lipinski definition) is 1. The molecule has 0 aliphatic carbocycles. The molecular formula is C15H14BrFN2O2. The van der Waals surface area contributed by atoms with Crippen molar-refractivity contribution in [1.29, 1.82) is 0 Å². The minimum Gasteiger partial charge on any atom is -0.312 e. The van der Waals surface area contributed by atoms with Gasteiger partial charge in [-0.15, -0.1) is 0 Å². The molecule has 0 aliphatic heterocycles. The summed E-state index contributed by atoms with van der Waals surface area (Å²) in [6, 6.07) is 11.4. The molecule has 0 saturated carbocycles. The van der Waals surface area contributed by atoms with Gasteiger partial charge in [0.05, 0.1) is 4.92 Å². The number of nitrogens with zero attached hydrogens (tertiary/aromatic N) is 1. The third-order valence-electron chi connectivity index (χ3n) is 3.08. The Labute approximate surface area is 130 Å². The summed E-state index contributed by atoms with van der Waals surface area (Å²) < 4.78 is 14.2. The highest BCUT2D eigenvalue weighted by molar-refractivity contribution is 9.10. The number of rotatable bonds is 6. The molecule has 0 fully saturated rings. The Balaban J connectivity index is 1.93. The fourth-order valence-electron chi connectivity index (χ4n) is 2.02. The van der Waals surface area contributed by atoms with E-state index in [2.05, 4.69) is 21.2 Å². The van der Waals surface area contributed by atoms with Gasteiger partial charge in [0, 0.05) is 22.6 Å².